The topological polar surface area (TPSA) is 43.5 Å². The van der Waals surface area contributed by atoms with Crippen LogP contribution in [0.1, 0.15) is 0 Å². The van der Waals surface area contributed by atoms with Crippen molar-refractivity contribution in [1.82, 2.24) is 0 Å². The Bertz CT molecular complexity index is 627. The van der Waals surface area contributed by atoms with E-state index in [1.165, 1.54) is 0 Å². The summed E-state index contributed by atoms with van der Waals surface area (Å²) in [6.07, 6.45) is 0.518. The van der Waals surface area contributed by atoms with Gasteiger partial charge < -0.3 is 18.9 Å². The first-order valence-corrected chi connectivity index (χ1v) is 10.0. The van der Waals surface area contributed by atoms with E-state index >= 15 is 0 Å². The molecule has 2 unspecified atom stereocenters. The van der Waals surface area contributed by atoms with Crippen molar-refractivity contribution in [3.05, 3.63) is 48.5 Å². The van der Waals surface area contributed by atoms with Crippen LogP contribution in [0.25, 0.3) is 0 Å². The summed E-state index contributed by atoms with van der Waals surface area (Å²) in [4.78, 5) is 2.20. The van der Waals surface area contributed by atoms with Crippen LogP contribution in [0, 0.1) is 0 Å². The highest BCUT2D eigenvalue weighted by Gasteiger charge is 2.24. The predicted octanol–water partition coefficient (Wildman–Crippen LogP) is 4.04. The molecule has 0 N–H and O–H groups in total. The van der Waals surface area contributed by atoms with Crippen molar-refractivity contribution >= 4 is 21.6 Å². The maximum absolute atomic E-state index is 5.86. The fourth-order valence-electron chi connectivity index (χ4n) is 2.06. The Morgan fingerprint density at radius 2 is 1.17 bits per heavy atom. The minimum absolute atomic E-state index is 0.259. The Morgan fingerprint density at radius 1 is 0.750 bits per heavy atom. The van der Waals surface area contributed by atoms with Gasteiger partial charge in [0.15, 0.2) is 0 Å². The van der Waals surface area contributed by atoms with Crippen LogP contribution in [0.3, 0.4) is 0 Å². The number of hydrogen-bond acceptors (Lipinski definition) is 6. The number of rotatable bonds is 9. The van der Waals surface area contributed by atoms with Crippen molar-refractivity contribution in [1.29, 1.82) is 0 Å². The molecule has 2 saturated heterocycles. The molecule has 24 heavy (non-hydrogen) atoms. The molecule has 0 aromatic heterocycles. The Labute approximate surface area is 149 Å². The molecule has 0 bridgehead atoms. The zero-order valence-electron chi connectivity index (χ0n) is 13.1. The predicted molar refractivity (Wildman–Crippen MR) is 95.1 cm³/mol. The van der Waals surface area contributed by atoms with E-state index in [9.17, 15) is 0 Å². The first kappa shape index (κ1) is 16.1. The molecule has 2 aliphatic heterocycles. The third-order valence-electron chi connectivity index (χ3n) is 3.57. The van der Waals surface area contributed by atoms with Gasteiger partial charge in [-0.3, -0.25) is 0 Å². The van der Waals surface area contributed by atoms with Gasteiger partial charge in [0.05, 0.1) is 23.0 Å². The molecule has 2 aromatic carbocycles. The standard InChI is InChI=1S/C18H18O4S2/c1-3-7-17(15(5-1)21-11-13-9-19-13)23-24-18-8-4-2-6-16(18)22-12-14-10-20-14/h1-8,13-14H,9-12H2. The molecule has 126 valence electrons. The summed E-state index contributed by atoms with van der Waals surface area (Å²) in [5.41, 5.74) is 0. The van der Waals surface area contributed by atoms with Gasteiger partial charge in [0.2, 0.25) is 0 Å². The molecule has 4 nitrogen and oxygen atoms in total. The summed E-state index contributed by atoms with van der Waals surface area (Å²) in [7, 11) is 3.35. The lowest BCUT2D eigenvalue weighted by Crippen LogP contribution is -2.04. The number of epoxide rings is 2. The molecule has 0 radical (unpaired) electrons. The second-order valence-electron chi connectivity index (χ2n) is 5.59. The second-order valence-corrected chi connectivity index (χ2v) is 7.81. The van der Waals surface area contributed by atoms with Gasteiger partial charge in [-0.25, -0.2) is 0 Å². The zero-order chi connectivity index (χ0) is 16.2. The monoisotopic (exact) mass is 362 g/mol. The van der Waals surface area contributed by atoms with E-state index in [4.69, 9.17) is 18.9 Å². The molecule has 2 fully saturated rings. The van der Waals surface area contributed by atoms with Crippen LogP contribution in [0.15, 0.2) is 58.3 Å². The smallest absolute Gasteiger partial charge is 0.133 e. The summed E-state index contributed by atoms with van der Waals surface area (Å²) in [6.45, 7) is 2.84. The highest BCUT2D eigenvalue weighted by Crippen LogP contribution is 2.45. The number of benzene rings is 2. The molecule has 4 rings (SSSR count). The average Bonchev–Trinajstić information content (AvgIpc) is 3.52. The SMILES string of the molecule is c1ccc(SSc2ccccc2OCC2CO2)c(OCC2CO2)c1. The lowest BCUT2D eigenvalue weighted by molar-refractivity contribution is 0.258. The van der Waals surface area contributed by atoms with E-state index in [-0.39, 0.29) is 12.2 Å². The van der Waals surface area contributed by atoms with Crippen LogP contribution in [-0.2, 0) is 9.47 Å². The largest absolute Gasteiger partial charge is 0.490 e. The molecule has 0 aliphatic carbocycles. The van der Waals surface area contributed by atoms with E-state index in [1.54, 1.807) is 21.6 Å². The van der Waals surface area contributed by atoms with E-state index in [0.29, 0.717) is 13.2 Å². The van der Waals surface area contributed by atoms with Gasteiger partial charge >= 0.3 is 0 Å². The van der Waals surface area contributed by atoms with E-state index in [0.717, 1.165) is 34.5 Å². The van der Waals surface area contributed by atoms with Crippen molar-refractivity contribution in [2.24, 2.45) is 0 Å². The lowest BCUT2D eigenvalue weighted by atomic mass is 10.3. The molecule has 2 heterocycles. The fourth-order valence-corrected chi connectivity index (χ4v) is 4.29. The van der Waals surface area contributed by atoms with Crippen LogP contribution < -0.4 is 9.47 Å². The molecule has 0 amide bonds. The normalized spacial score (nSPS) is 21.3. The van der Waals surface area contributed by atoms with E-state index < -0.39 is 0 Å². The van der Waals surface area contributed by atoms with Gasteiger partial charge in [-0.1, -0.05) is 24.3 Å². The Balaban J connectivity index is 1.39. The summed E-state index contributed by atoms with van der Waals surface area (Å²) in [5.74, 6) is 1.80. The highest BCUT2D eigenvalue weighted by molar-refractivity contribution is 8.76. The van der Waals surface area contributed by atoms with Crippen LogP contribution in [0.5, 0.6) is 11.5 Å². The van der Waals surface area contributed by atoms with Gasteiger partial charge in [0.25, 0.3) is 0 Å². The molecule has 0 saturated carbocycles. The van der Waals surface area contributed by atoms with Crippen molar-refractivity contribution < 1.29 is 18.9 Å². The molecular formula is C18H18O4S2. The third-order valence-corrected chi connectivity index (χ3v) is 6.02. The van der Waals surface area contributed by atoms with Gasteiger partial charge in [0.1, 0.15) is 36.9 Å². The first-order valence-electron chi connectivity index (χ1n) is 7.90. The van der Waals surface area contributed by atoms with E-state index in [1.807, 2.05) is 36.4 Å². The Hall–Kier alpha value is -1.34. The van der Waals surface area contributed by atoms with Gasteiger partial charge in [-0.05, 0) is 45.9 Å². The van der Waals surface area contributed by atoms with E-state index in [2.05, 4.69) is 12.1 Å². The summed E-state index contributed by atoms with van der Waals surface area (Å²) < 4.78 is 22.1. The molecule has 0 spiro atoms. The van der Waals surface area contributed by atoms with Crippen LogP contribution in [0.4, 0.5) is 0 Å². The maximum atomic E-state index is 5.86. The van der Waals surface area contributed by atoms with Gasteiger partial charge in [0, 0.05) is 0 Å². The quantitative estimate of drug-likeness (QED) is 0.495. The van der Waals surface area contributed by atoms with Crippen LogP contribution >= 0.6 is 21.6 Å². The lowest BCUT2D eigenvalue weighted by Gasteiger charge is -2.12. The zero-order valence-corrected chi connectivity index (χ0v) is 14.7. The molecule has 2 aromatic rings. The minimum Gasteiger partial charge on any atom is -0.490 e. The number of hydrogen-bond donors (Lipinski definition) is 0. The van der Waals surface area contributed by atoms with Gasteiger partial charge in [-0.15, -0.1) is 0 Å². The van der Waals surface area contributed by atoms with Crippen molar-refractivity contribution in [2.75, 3.05) is 26.4 Å². The van der Waals surface area contributed by atoms with Crippen LogP contribution in [0.2, 0.25) is 0 Å². The summed E-state index contributed by atoms with van der Waals surface area (Å²) >= 11 is 0. The van der Waals surface area contributed by atoms with Gasteiger partial charge in [-0.2, -0.15) is 0 Å². The molecule has 2 aliphatic rings. The maximum Gasteiger partial charge on any atom is 0.133 e. The summed E-state index contributed by atoms with van der Waals surface area (Å²) in [5, 5.41) is 0. The number of para-hydroxylation sites is 2. The van der Waals surface area contributed by atoms with Crippen molar-refractivity contribution in [2.45, 2.75) is 22.0 Å². The Morgan fingerprint density at radius 3 is 1.58 bits per heavy atom. The van der Waals surface area contributed by atoms with Crippen molar-refractivity contribution in [3.63, 3.8) is 0 Å². The Kier molecular flexibility index (Phi) is 5.18. The molecular weight excluding hydrogens is 344 g/mol. The van der Waals surface area contributed by atoms with Crippen molar-refractivity contribution in [3.8, 4) is 11.5 Å². The van der Waals surface area contributed by atoms with Crippen LogP contribution in [-0.4, -0.2) is 38.6 Å². The summed E-state index contributed by atoms with van der Waals surface area (Å²) in [6, 6.07) is 16.2. The first-order chi connectivity index (χ1) is 11.9. The second kappa shape index (κ2) is 7.70. The average molecular weight is 362 g/mol. The molecule has 6 heteroatoms. The highest BCUT2D eigenvalue weighted by atomic mass is 33.1. The third kappa shape index (κ3) is 4.60. The fraction of sp³-hybridized carbons (Fsp3) is 0.333. The number of ether oxygens (including phenoxy) is 4. The minimum atomic E-state index is 0.259. The molecule has 2 atom stereocenters.